The number of carbonyl (C=O) groups excluding carboxylic acids is 1. The standard InChI is InChI=1S/C28H20F9NO3/c1-13-14-3-6-22(40-2)20(9-14)19-5-4-16(26(29,30)31)11-21(19)23-12-38(25(39)41-23)24(13)15-7-17(27(32,33)34)10-18(8-15)28(35,36)37/h3-11,13,23-24H,12H2,1-2H3. The number of halogens is 9. The number of methoxy groups -OCH3 is 1. The molecule has 5 rings (SSSR count). The van der Waals surface area contributed by atoms with Gasteiger partial charge >= 0.3 is 24.6 Å². The van der Waals surface area contributed by atoms with Crippen molar-refractivity contribution in [2.24, 2.45) is 0 Å². The molecule has 0 saturated carbocycles. The average molecular weight is 589 g/mol. The highest BCUT2D eigenvalue weighted by Gasteiger charge is 2.45. The molecule has 218 valence electrons. The molecule has 0 aromatic heterocycles. The van der Waals surface area contributed by atoms with Gasteiger partial charge in [-0.1, -0.05) is 19.1 Å². The van der Waals surface area contributed by atoms with Crippen LogP contribution in [0.15, 0.2) is 54.6 Å². The number of rotatable bonds is 2. The third kappa shape index (κ3) is 5.17. The van der Waals surface area contributed by atoms with Crippen molar-refractivity contribution in [1.82, 2.24) is 4.90 Å². The molecule has 3 atom stereocenters. The Morgan fingerprint density at radius 1 is 0.756 bits per heavy atom. The first-order valence-electron chi connectivity index (χ1n) is 12.1. The number of fused-ring (bicyclic) bond motifs is 7. The second-order valence-electron chi connectivity index (χ2n) is 9.86. The van der Waals surface area contributed by atoms with E-state index in [1.165, 1.54) is 38.3 Å². The summed E-state index contributed by atoms with van der Waals surface area (Å²) in [7, 11) is 1.33. The molecule has 0 radical (unpaired) electrons. The summed E-state index contributed by atoms with van der Waals surface area (Å²) in [5, 5.41) is 0. The van der Waals surface area contributed by atoms with Crippen molar-refractivity contribution in [3.8, 4) is 16.9 Å². The molecule has 3 aromatic carbocycles. The van der Waals surface area contributed by atoms with Crippen LogP contribution in [-0.4, -0.2) is 24.6 Å². The summed E-state index contributed by atoms with van der Waals surface area (Å²) in [6.45, 7) is 1.10. The molecule has 41 heavy (non-hydrogen) atoms. The Bertz CT molecular complexity index is 1480. The third-order valence-electron chi connectivity index (χ3n) is 7.37. The maximum absolute atomic E-state index is 13.7. The lowest BCUT2D eigenvalue weighted by molar-refractivity contribution is -0.143. The van der Waals surface area contributed by atoms with Gasteiger partial charge in [-0.25, -0.2) is 4.79 Å². The minimum absolute atomic E-state index is 0.0140. The van der Waals surface area contributed by atoms with Gasteiger partial charge < -0.3 is 9.47 Å². The Balaban J connectivity index is 1.78. The molecule has 2 aliphatic heterocycles. The van der Waals surface area contributed by atoms with Crippen LogP contribution in [-0.2, 0) is 23.3 Å². The van der Waals surface area contributed by atoms with E-state index in [0.29, 0.717) is 23.3 Å². The number of benzene rings is 3. The first kappa shape index (κ1) is 28.6. The van der Waals surface area contributed by atoms with Crippen LogP contribution in [0, 0.1) is 0 Å². The van der Waals surface area contributed by atoms with Gasteiger partial charge in [0.15, 0.2) is 0 Å². The summed E-state index contributed by atoms with van der Waals surface area (Å²) in [5.74, 6) is -0.634. The van der Waals surface area contributed by atoms with Crippen LogP contribution < -0.4 is 4.74 Å². The van der Waals surface area contributed by atoms with Crippen molar-refractivity contribution in [3.63, 3.8) is 0 Å². The lowest BCUT2D eigenvalue weighted by Crippen LogP contribution is -2.33. The molecule has 2 heterocycles. The Hall–Kier alpha value is -3.90. The molecular weight excluding hydrogens is 569 g/mol. The maximum atomic E-state index is 13.7. The van der Waals surface area contributed by atoms with E-state index < -0.39 is 71.5 Å². The normalized spacial score (nSPS) is 20.9. The smallest absolute Gasteiger partial charge is 0.416 e. The fourth-order valence-corrected chi connectivity index (χ4v) is 5.41. The van der Waals surface area contributed by atoms with Crippen LogP contribution in [0.2, 0.25) is 0 Å². The highest BCUT2D eigenvalue weighted by Crippen LogP contribution is 2.49. The molecule has 0 aliphatic carbocycles. The van der Waals surface area contributed by atoms with E-state index in [2.05, 4.69) is 0 Å². The molecule has 13 heteroatoms. The first-order valence-corrected chi connectivity index (χ1v) is 12.1. The van der Waals surface area contributed by atoms with Crippen molar-refractivity contribution in [3.05, 3.63) is 88.0 Å². The molecule has 4 nitrogen and oxygen atoms in total. The monoisotopic (exact) mass is 589 g/mol. The van der Waals surface area contributed by atoms with Gasteiger partial charge in [-0.05, 0) is 59.2 Å². The zero-order valence-electron chi connectivity index (χ0n) is 21.2. The summed E-state index contributed by atoms with van der Waals surface area (Å²) in [5.41, 5.74) is -3.69. The Morgan fingerprint density at radius 3 is 1.93 bits per heavy atom. The lowest BCUT2D eigenvalue weighted by atomic mass is 9.83. The van der Waals surface area contributed by atoms with Crippen molar-refractivity contribution in [2.45, 2.75) is 43.5 Å². The van der Waals surface area contributed by atoms with E-state index in [4.69, 9.17) is 9.47 Å². The van der Waals surface area contributed by atoms with E-state index in [9.17, 15) is 44.3 Å². The van der Waals surface area contributed by atoms with Crippen LogP contribution in [0.3, 0.4) is 0 Å². The average Bonchev–Trinajstić information content (AvgIpc) is 3.26. The summed E-state index contributed by atoms with van der Waals surface area (Å²) < 4.78 is 134. The number of carbonyl (C=O) groups is 1. The molecule has 1 amide bonds. The molecule has 3 unspecified atom stereocenters. The van der Waals surface area contributed by atoms with Crippen LogP contribution in [0.5, 0.6) is 5.75 Å². The highest BCUT2D eigenvalue weighted by atomic mass is 19.4. The molecule has 0 spiro atoms. The Labute approximate surface area is 227 Å². The molecule has 2 aliphatic rings. The molecule has 1 fully saturated rings. The highest BCUT2D eigenvalue weighted by molar-refractivity contribution is 5.78. The number of amides is 1. The zero-order chi connectivity index (χ0) is 30.1. The number of alkyl halides is 9. The Kier molecular flexibility index (Phi) is 6.69. The maximum Gasteiger partial charge on any atom is 0.416 e. The van der Waals surface area contributed by atoms with E-state index in [1.807, 2.05) is 0 Å². The van der Waals surface area contributed by atoms with E-state index in [1.54, 1.807) is 0 Å². The van der Waals surface area contributed by atoms with Crippen LogP contribution >= 0.6 is 0 Å². The minimum atomic E-state index is -5.14. The molecule has 3 aromatic rings. The number of nitrogens with zero attached hydrogens (tertiary/aromatic N) is 1. The summed E-state index contributed by atoms with van der Waals surface area (Å²) in [4.78, 5) is 14.1. The zero-order valence-corrected chi connectivity index (χ0v) is 21.2. The Morgan fingerprint density at radius 2 is 1.37 bits per heavy atom. The van der Waals surface area contributed by atoms with Crippen molar-refractivity contribution in [2.75, 3.05) is 13.7 Å². The molecule has 1 saturated heterocycles. The van der Waals surface area contributed by atoms with Crippen LogP contribution in [0.1, 0.15) is 58.4 Å². The molecule has 4 bridgehead atoms. The molecular formula is C28H20F9NO3. The first-order chi connectivity index (χ1) is 19.0. The van der Waals surface area contributed by atoms with Gasteiger partial charge in [-0.15, -0.1) is 0 Å². The fourth-order valence-electron chi connectivity index (χ4n) is 5.41. The van der Waals surface area contributed by atoms with Crippen LogP contribution in [0.25, 0.3) is 11.1 Å². The number of hydrogen-bond donors (Lipinski definition) is 0. The topological polar surface area (TPSA) is 38.8 Å². The minimum Gasteiger partial charge on any atom is -0.496 e. The molecule has 0 N–H and O–H groups in total. The van der Waals surface area contributed by atoms with Crippen molar-refractivity contribution in [1.29, 1.82) is 0 Å². The van der Waals surface area contributed by atoms with Gasteiger partial charge in [0.2, 0.25) is 0 Å². The van der Waals surface area contributed by atoms with Gasteiger partial charge in [0.1, 0.15) is 11.9 Å². The predicted octanol–water partition coefficient (Wildman–Crippen LogP) is 8.77. The van der Waals surface area contributed by atoms with Gasteiger partial charge in [0.25, 0.3) is 0 Å². The predicted molar refractivity (Wildman–Crippen MR) is 127 cm³/mol. The number of ether oxygens (including phenoxy) is 2. The van der Waals surface area contributed by atoms with Crippen LogP contribution in [0.4, 0.5) is 44.3 Å². The van der Waals surface area contributed by atoms with E-state index >= 15 is 0 Å². The fraction of sp³-hybridized carbons (Fsp3) is 0.321. The van der Waals surface area contributed by atoms with E-state index in [0.717, 1.165) is 17.0 Å². The summed E-state index contributed by atoms with van der Waals surface area (Å²) in [6, 6.07) is 7.13. The summed E-state index contributed by atoms with van der Waals surface area (Å²) in [6.07, 6.45) is -17.4. The third-order valence-corrected chi connectivity index (χ3v) is 7.37. The summed E-state index contributed by atoms with van der Waals surface area (Å²) >= 11 is 0. The largest absolute Gasteiger partial charge is 0.496 e. The number of hydrogen-bond acceptors (Lipinski definition) is 3. The van der Waals surface area contributed by atoms with Crippen molar-refractivity contribution >= 4 is 6.09 Å². The second kappa shape index (κ2) is 9.59. The quantitative estimate of drug-likeness (QED) is 0.281. The van der Waals surface area contributed by atoms with Crippen molar-refractivity contribution < 1.29 is 53.8 Å². The second-order valence-corrected chi connectivity index (χ2v) is 9.86. The SMILES string of the molecule is COc1ccc2cc1-c1ccc(C(F)(F)F)cc1C1CN(C(=O)O1)C(c1cc(C(F)(F)F)cc(C(F)(F)F)c1)C2C. The van der Waals surface area contributed by atoms with Gasteiger partial charge in [-0.3, -0.25) is 4.90 Å². The van der Waals surface area contributed by atoms with Gasteiger partial charge in [0.05, 0.1) is 36.4 Å². The van der Waals surface area contributed by atoms with E-state index in [-0.39, 0.29) is 22.9 Å². The van der Waals surface area contributed by atoms with Gasteiger partial charge in [-0.2, -0.15) is 39.5 Å². The van der Waals surface area contributed by atoms with Gasteiger partial charge in [0, 0.05) is 17.0 Å². The lowest BCUT2D eigenvalue weighted by Gasteiger charge is -2.34.